The molecule has 2 aromatic rings. The zero-order valence-electron chi connectivity index (χ0n) is 26.6. The maximum atomic E-state index is 4.60. The molecule has 3 aliphatic rings. The van der Waals surface area contributed by atoms with Crippen LogP contribution < -0.4 is 4.90 Å². The number of aromatic nitrogens is 2. The van der Waals surface area contributed by atoms with E-state index in [0.29, 0.717) is 5.92 Å². The van der Waals surface area contributed by atoms with Crippen molar-refractivity contribution in [3.63, 3.8) is 0 Å². The second-order valence-electron chi connectivity index (χ2n) is 12.9. The monoisotopic (exact) mass is 623 g/mol. The summed E-state index contributed by atoms with van der Waals surface area (Å²) in [4.78, 5) is 15.3. The minimum atomic E-state index is 0.477. The molecule has 2 saturated heterocycles. The lowest BCUT2D eigenvalue weighted by Crippen LogP contribution is -2.38. The van der Waals surface area contributed by atoms with E-state index in [1.54, 1.807) is 0 Å². The SMILES string of the molecule is C=C1CN(Sc2ccc(N(C)C)cc2)CCCN(CC2CCCCC2)CCCN(SN2CCC(c3ncccn3)CC2)C1. The maximum Gasteiger partial charge on any atom is 0.131 e. The lowest BCUT2D eigenvalue weighted by Gasteiger charge is -2.36. The van der Waals surface area contributed by atoms with Crippen molar-refractivity contribution in [2.75, 3.05) is 77.9 Å². The summed E-state index contributed by atoms with van der Waals surface area (Å²) in [6, 6.07) is 10.9. The van der Waals surface area contributed by atoms with Crippen molar-refractivity contribution in [1.29, 1.82) is 0 Å². The van der Waals surface area contributed by atoms with Crippen LogP contribution in [-0.2, 0) is 0 Å². The molecular weight excluding hydrogens is 571 g/mol. The van der Waals surface area contributed by atoms with Crippen LogP contribution in [-0.4, -0.2) is 101 Å². The van der Waals surface area contributed by atoms with Gasteiger partial charge in [-0.2, -0.15) is 0 Å². The Labute approximate surface area is 269 Å². The Morgan fingerprint density at radius 3 is 2.09 bits per heavy atom. The highest BCUT2D eigenvalue weighted by Crippen LogP contribution is 2.32. The van der Waals surface area contributed by atoms with Crippen molar-refractivity contribution >= 4 is 29.8 Å². The van der Waals surface area contributed by atoms with Gasteiger partial charge in [-0.25, -0.2) is 22.9 Å². The first kappa shape index (κ1) is 32.8. The molecule has 1 saturated carbocycles. The Morgan fingerprint density at radius 2 is 1.42 bits per heavy atom. The minimum absolute atomic E-state index is 0.477. The van der Waals surface area contributed by atoms with Gasteiger partial charge in [0, 0.05) is 101 Å². The van der Waals surface area contributed by atoms with E-state index in [9.17, 15) is 0 Å². The van der Waals surface area contributed by atoms with E-state index >= 15 is 0 Å². The summed E-state index contributed by atoms with van der Waals surface area (Å²) in [5.41, 5.74) is 2.55. The lowest BCUT2D eigenvalue weighted by molar-refractivity contribution is 0.189. The summed E-state index contributed by atoms with van der Waals surface area (Å²) in [5, 5.41) is 0. The Bertz CT molecular complexity index is 1090. The fourth-order valence-corrected chi connectivity index (χ4v) is 8.83. The molecule has 1 aromatic carbocycles. The predicted octanol–water partition coefficient (Wildman–Crippen LogP) is 6.83. The fourth-order valence-electron chi connectivity index (χ4n) is 6.66. The molecule has 0 spiro atoms. The van der Waals surface area contributed by atoms with Crippen molar-refractivity contribution in [2.45, 2.75) is 68.6 Å². The molecule has 0 atom stereocenters. The number of benzene rings is 1. The van der Waals surface area contributed by atoms with E-state index < -0.39 is 0 Å². The van der Waals surface area contributed by atoms with Gasteiger partial charge in [-0.05, 0) is 105 Å². The fraction of sp³-hybridized carbons (Fsp3) is 0.647. The minimum Gasteiger partial charge on any atom is -0.378 e. The number of hydrogen-bond acceptors (Lipinski definition) is 9. The molecular formula is C34H53N7S2. The van der Waals surface area contributed by atoms with Gasteiger partial charge in [0.2, 0.25) is 0 Å². The standard InChI is InChI=1S/C34H53N7S2/c1-29-26-40(42-33-14-12-32(13-15-33)37(2)3)22-8-20-38(28-30-10-5-4-6-11-30)21-9-23-41(27-29)43-39-24-16-31(17-25-39)34-35-18-7-19-36-34/h7,12-15,18-19,30-31H,1,4-6,8-11,16-17,20-28H2,2-3H3. The second-order valence-corrected chi connectivity index (χ2v) is 15.2. The Kier molecular flexibility index (Phi) is 13.1. The summed E-state index contributed by atoms with van der Waals surface area (Å²) in [6.07, 6.45) is 15.6. The highest BCUT2D eigenvalue weighted by atomic mass is 32.2. The maximum absolute atomic E-state index is 4.60. The van der Waals surface area contributed by atoms with E-state index in [2.05, 4.69) is 77.6 Å². The van der Waals surface area contributed by atoms with Crippen LogP contribution in [0.5, 0.6) is 0 Å². The highest BCUT2D eigenvalue weighted by Gasteiger charge is 2.25. The van der Waals surface area contributed by atoms with Crippen LogP contribution in [0.25, 0.3) is 0 Å². The van der Waals surface area contributed by atoms with Crippen LogP contribution in [0.2, 0.25) is 0 Å². The smallest absolute Gasteiger partial charge is 0.131 e. The number of rotatable bonds is 8. The average molecular weight is 624 g/mol. The molecule has 2 aliphatic heterocycles. The van der Waals surface area contributed by atoms with Crippen LogP contribution in [0.1, 0.15) is 69.5 Å². The summed E-state index contributed by atoms with van der Waals surface area (Å²) >= 11 is 3.86. The first-order valence-corrected chi connectivity index (χ1v) is 18.1. The molecule has 9 heteroatoms. The van der Waals surface area contributed by atoms with Crippen LogP contribution in [0, 0.1) is 5.92 Å². The second kappa shape index (κ2) is 17.2. The zero-order chi connectivity index (χ0) is 29.9. The quantitative estimate of drug-likeness (QED) is 0.233. The van der Waals surface area contributed by atoms with Crippen molar-refractivity contribution < 1.29 is 0 Å². The van der Waals surface area contributed by atoms with Crippen molar-refractivity contribution in [3.8, 4) is 0 Å². The predicted molar refractivity (Wildman–Crippen MR) is 184 cm³/mol. The largest absolute Gasteiger partial charge is 0.378 e. The number of hydrogen-bond donors (Lipinski definition) is 0. The molecule has 7 nitrogen and oxygen atoms in total. The molecule has 1 aromatic heterocycles. The topological polar surface area (TPSA) is 42.0 Å². The number of anilines is 1. The summed E-state index contributed by atoms with van der Waals surface area (Å²) in [6.45, 7) is 14.5. The van der Waals surface area contributed by atoms with Crippen LogP contribution >= 0.6 is 24.1 Å². The van der Waals surface area contributed by atoms with E-state index in [1.165, 1.54) is 80.7 Å². The normalized spacial score (nSPS) is 22.2. The van der Waals surface area contributed by atoms with Crippen LogP contribution in [0.15, 0.2) is 59.8 Å². The highest BCUT2D eigenvalue weighted by molar-refractivity contribution is 7.97. The molecule has 3 fully saturated rings. The number of piperidine rings is 1. The molecule has 236 valence electrons. The van der Waals surface area contributed by atoms with Crippen LogP contribution in [0.4, 0.5) is 5.69 Å². The zero-order valence-corrected chi connectivity index (χ0v) is 28.2. The molecule has 0 unspecified atom stereocenters. The molecule has 5 rings (SSSR count). The van der Waals surface area contributed by atoms with E-state index in [4.69, 9.17) is 0 Å². The Morgan fingerprint density at radius 1 is 0.767 bits per heavy atom. The molecule has 0 N–H and O–H groups in total. The van der Waals surface area contributed by atoms with Crippen molar-refractivity contribution in [1.82, 2.24) is 27.8 Å². The summed E-state index contributed by atoms with van der Waals surface area (Å²) < 4.78 is 7.72. The molecule has 1 aliphatic carbocycles. The molecule has 0 amide bonds. The van der Waals surface area contributed by atoms with Gasteiger partial charge in [0.05, 0.1) is 0 Å². The first-order chi connectivity index (χ1) is 21.0. The van der Waals surface area contributed by atoms with Gasteiger partial charge in [0.15, 0.2) is 0 Å². The lowest BCUT2D eigenvalue weighted by atomic mass is 9.89. The van der Waals surface area contributed by atoms with Gasteiger partial charge in [-0.15, -0.1) is 0 Å². The Hall–Kier alpha value is -1.62. The third kappa shape index (κ3) is 10.8. The summed E-state index contributed by atoms with van der Waals surface area (Å²) in [5.74, 6) is 2.38. The third-order valence-corrected chi connectivity index (χ3v) is 11.2. The van der Waals surface area contributed by atoms with E-state index in [-0.39, 0.29) is 0 Å². The van der Waals surface area contributed by atoms with E-state index in [0.717, 1.165) is 63.9 Å². The van der Waals surface area contributed by atoms with Crippen molar-refractivity contribution in [2.24, 2.45) is 5.92 Å². The van der Waals surface area contributed by atoms with Gasteiger partial charge in [-0.3, -0.25) is 0 Å². The number of nitrogens with zero attached hydrogens (tertiary/aromatic N) is 7. The van der Waals surface area contributed by atoms with Gasteiger partial charge >= 0.3 is 0 Å². The molecule has 0 radical (unpaired) electrons. The van der Waals surface area contributed by atoms with Gasteiger partial charge in [-0.1, -0.05) is 25.8 Å². The van der Waals surface area contributed by atoms with Crippen molar-refractivity contribution in [3.05, 3.63) is 60.7 Å². The van der Waals surface area contributed by atoms with Gasteiger partial charge < -0.3 is 9.80 Å². The summed E-state index contributed by atoms with van der Waals surface area (Å²) in [7, 11) is 4.20. The van der Waals surface area contributed by atoms with Crippen LogP contribution in [0.3, 0.4) is 0 Å². The van der Waals surface area contributed by atoms with Gasteiger partial charge in [0.25, 0.3) is 0 Å². The van der Waals surface area contributed by atoms with Gasteiger partial charge in [0.1, 0.15) is 5.82 Å². The average Bonchev–Trinajstić information content (AvgIpc) is 3.02. The molecule has 0 bridgehead atoms. The van der Waals surface area contributed by atoms with E-state index in [1.807, 2.05) is 42.5 Å². The third-order valence-electron chi connectivity index (χ3n) is 9.03. The Balaban J connectivity index is 1.21. The molecule has 43 heavy (non-hydrogen) atoms. The molecule has 3 heterocycles. The first-order valence-electron chi connectivity index (χ1n) is 16.6.